The number of hydrogen-bond donors (Lipinski definition) is 2. The lowest BCUT2D eigenvalue weighted by Crippen LogP contribution is -2.13. The van der Waals surface area contributed by atoms with Gasteiger partial charge in [0.15, 0.2) is 5.82 Å². The van der Waals surface area contributed by atoms with Crippen LogP contribution in [0.15, 0.2) is 67.0 Å². The Kier molecular flexibility index (Phi) is 5.75. The Morgan fingerprint density at radius 3 is 2.61 bits per heavy atom. The van der Waals surface area contributed by atoms with Gasteiger partial charge in [0, 0.05) is 18.3 Å². The van der Waals surface area contributed by atoms with Crippen LogP contribution in [0.25, 0.3) is 16.9 Å². The minimum absolute atomic E-state index is 0.154. The maximum absolute atomic E-state index is 14.0. The fourth-order valence-electron chi connectivity index (χ4n) is 3.79. The van der Waals surface area contributed by atoms with Gasteiger partial charge < -0.3 is 10.3 Å². The van der Waals surface area contributed by atoms with Crippen LogP contribution in [0.4, 0.5) is 23.2 Å². The van der Waals surface area contributed by atoms with Crippen molar-refractivity contribution in [1.82, 2.24) is 24.7 Å². The molecule has 5 rings (SSSR count). The fourth-order valence-corrected chi connectivity index (χ4v) is 3.79. The summed E-state index contributed by atoms with van der Waals surface area (Å²) in [5, 5.41) is 6.89. The third-order valence-corrected chi connectivity index (χ3v) is 5.65. The topological polar surface area (TPSA) is 88.5 Å². The predicted molar refractivity (Wildman–Crippen MR) is 124 cm³/mol. The van der Waals surface area contributed by atoms with Gasteiger partial charge >= 0.3 is 6.18 Å². The first-order chi connectivity index (χ1) is 17.2. The Morgan fingerprint density at radius 2 is 1.89 bits per heavy atom. The molecule has 0 atom stereocenters. The number of benzene rings is 2. The zero-order valence-corrected chi connectivity index (χ0v) is 18.8. The minimum Gasteiger partial charge on any atom is -0.342 e. The molecular weight excluding hydrogens is 476 g/mol. The number of amides is 1. The molecule has 3 heterocycles. The number of H-pyrrole nitrogens is 1. The quantitative estimate of drug-likeness (QED) is 0.318. The maximum atomic E-state index is 14.0. The Labute approximate surface area is 201 Å². The molecule has 0 unspecified atom stereocenters. The number of nitrogens with zero attached hydrogens (tertiary/aromatic N) is 4. The van der Waals surface area contributed by atoms with Crippen LogP contribution in [0.5, 0.6) is 0 Å². The summed E-state index contributed by atoms with van der Waals surface area (Å²) in [7, 11) is 0. The minimum atomic E-state index is -4.50. The van der Waals surface area contributed by atoms with Gasteiger partial charge in [-0.15, -0.1) is 0 Å². The third kappa shape index (κ3) is 4.54. The van der Waals surface area contributed by atoms with E-state index in [0.29, 0.717) is 40.2 Å². The Hall–Kier alpha value is -4.54. The van der Waals surface area contributed by atoms with Crippen molar-refractivity contribution in [2.24, 2.45) is 0 Å². The number of aromatic amines is 1. The van der Waals surface area contributed by atoms with Crippen molar-refractivity contribution in [3.63, 3.8) is 0 Å². The van der Waals surface area contributed by atoms with Gasteiger partial charge in [-0.05, 0) is 48.9 Å². The molecule has 5 aromatic rings. The van der Waals surface area contributed by atoms with E-state index in [0.717, 1.165) is 12.3 Å². The molecule has 0 aliphatic rings. The molecule has 0 spiro atoms. The van der Waals surface area contributed by atoms with E-state index in [1.807, 2.05) is 0 Å². The number of carbonyl (C=O) groups excluding carboxylic acids is 1. The van der Waals surface area contributed by atoms with E-state index in [1.54, 1.807) is 43.3 Å². The predicted octanol–water partition coefficient (Wildman–Crippen LogP) is 5.45. The van der Waals surface area contributed by atoms with Crippen LogP contribution in [0.3, 0.4) is 0 Å². The van der Waals surface area contributed by atoms with Gasteiger partial charge in [0.1, 0.15) is 11.6 Å². The highest BCUT2D eigenvalue weighted by Gasteiger charge is 2.31. The van der Waals surface area contributed by atoms with Crippen molar-refractivity contribution in [2.75, 3.05) is 5.32 Å². The molecule has 0 radical (unpaired) electrons. The molecule has 0 saturated heterocycles. The van der Waals surface area contributed by atoms with Crippen molar-refractivity contribution in [3.05, 3.63) is 101 Å². The van der Waals surface area contributed by atoms with Crippen LogP contribution in [-0.4, -0.2) is 30.6 Å². The van der Waals surface area contributed by atoms with Gasteiger partial charge in [-0.2, -0.15) is 18.3 Å². The van der Waals surface area contributed by atoms with Crippen LogP contribution in [-0.2, 0) is 12.6 Å². The number of fused-ring (bicyclic) bond motifs is 1. The standard InChI is InChI=1S/C25H18F4N6O/c1-14-18(13-31-35(14)23-9-6-16(12-30-23)25(27,28)29)24(36)32-17-7-8-20-21(11-17)34-22(33-20)10-15-4-2-3-5-19(15)26/h2-9,11-13H,10H2,1H3,(H,32,36)(H,33,34). The highest BCUT2D eigenvalue weighted by atomic mass is 19.4. The first-order valence-corrected chi connectivity index (χ1v) is 10.8. The van der Waals surface area contributed by atoms with E-state index >= 15 is 0 Å². The summed E-state index contributed by atoms with van der Waals surface area (Å²) in [6.45, 7) is 1.62. The lowest BCUT2D eigenvalue weighted by Gasteiger charge is -2.08. The van der Waals surface area contributed by atoms with Gasteiger partial charge in [0.2, 0.25) is 0 Å². The molecule has 0 saturated carbocycles. The van der Waals surface area contributed by atoms with Crippen molar-refractivity contribution in [3.8, 4) is 5.82 Å². The molecule has 11 heteroatoms. The number of hydrogen-bond acceptors (Lipinski definition) is 4. The molecule has 3 aromatic heterocycles. The number of aromatic nitrogens is 5. The summed E-state index contributed by atoms with van der Waals surface area (Å²) in [6.07, 6.45) is -2.16. The summed E-state index contributed by atoms with van der Waals surface area (Å²) in [5.41, 5.74) is 2.11. The molecule has 2 N–H and O–H groups in total. The smallest absolute Gasteiger partial charge is 0.342 e. The first kappa shape index (κ1) is 23.2. The number of pyridine rings is 1. The molecule has 0 aliphatic heterocycles. The van der Waals surface area contributed by atoms with Crippen molar-refractivity contribution in [2.45, 2.75) is 19.5 Å². The van der Waals surface area contributed by atoms with E-state index < -0.39 is 17.6 Å². The van der Waals surface area contributed by atoms with E-state index in [1.165, 1.54) is 23.0 Å². The lowest BCUT2D eigenvalue weighted by molar-refractivity contribution is -0.137. The normalized spacial score (nSPS) is 11.7. The summed E-state index contributed by atoms with van der Waals surface area (Å²) < 4.78 is 53.6. The lowest BCUT2D eigenvalue weighted by atomic mass is 10.1. The second-order valence-corrected chi connectivity index (χ2v) is 8.10. The second-order valence-electron chi connectivity index (χ2n) is 8.10. The third-order valence-electron chi connectivity index (χ3n) is 5.65. The molecular formula is C25H18F4N6O. The second kappa shape index (κ2) is 8.91. The monoisotopic (exact) mass is 494 g/mol. The summed E-state index contributed by atoms with van der Waals surface area (Å²) in [5.74, 6) is -0.0232. The molecule has 36 heavy (non-hydrogen) atoms. The molecule has 182 valence electrons. The summed E-state index contributed by atoms with van der Waals surface area (Å²) >= 11 is 0. The first-order valence-electron chi connectivity index (χ1n) is 10.8. The molecule has 2 aromatic carbocycles. The van der Waals surface area contributed by atoms with Gasteiger partial charge in [-0.3, -0.25) is 4.79 Å². The van der Waals surface area contributed by atoms with E-state index in [-0.39, 0.29) is 17.2 Å². The van der Waals surface area contributed by atoms with Crippen molar-refractivity contribution < 1.29 is 22.4 Å². The van der Waals surface area contributed by atoms with Gasteiger partial charge in [-0.25, -0.2) is 19.0 Å². The summed E-state index contributed by atoms with van der Waals surface area (Å²) in [6, 6.07) is 13.7. The largest absolute Gasteiger partial charge is 0.417 e. The SMILES string of the molecule is Cc1c(C(=O)Nc2ccc3nc(Cc4ccccc4F)[nH]c3c2)cnn1-c1ccc(C(F)(F)F)cn1. The van der Waals surface area contributed by atoms with Crippen molar-refractivity contribution >= 4 is 22.6 Å². The molecule has 7 nitrogen and oxygen atoms in total. The van der Waals surface area contributed by atoms with Crippen LogP contribution < -0.4 is 5.32 Å². The Bertz CT molecular complexity index is 1570. The fraction of sp³-hybridized carbons (Fsp3) is 0.120. The number of nitrogens with one attached hydrogen (secondary N) is 2. The highest BCUT2D eigenvalue weighted by Crippen LogP contribution is 2.29. The number of imidazole rings is 1. The zero-order valence-electron chi connectivity index (χ0n) is 18.8. The Morgan fingerprint density at radius 1 is 1.08 bits per heavy atom. The van der Waals surface area contributed by atoms with Crippen molar-refractivity contribution in [1.29, 1.82) is 0 Å². The van der Waals surface area contributed by atoms with Gasteiger partial charge in [-0.1, -0.05) is 18.2 Å². The molecule has 0 aliphatic carbocycles. The Balaban J connectivity index is 1.33. The van der Waals surface area contributed by atoms with E-state index in [4.69, 9.17) is 0 Å². The maximum Gasteiger partial charge on any atom is 0.417 e. The average Bonchev–Trinajstić information content (AvgIpc) is 3.42. The number of anilines is 1. The van der Waals surface area contributed by atoms with E-state index in [2.05, 4.69) is 25.4 Å². The van der Waals surface area contributed by atoms with Crippen LogP contribution in [0, 0.1) is 12.7 Å². The molecule has 0 fully saturated rings. The van der Waals surface area contributed by atoms with Crippen LogP contribution >= 0.6 is 0 Å². The number of alkyl halides is 3. The molecule has 0 bridgehead atoms. The van der Waals surface area contributed by atoms with E-state index in [9.17, 15) is 22.4 Å². The van der Waals surface area contributed by atoms with Gasteiger partial charge in [0.05, 0.1) is 34.1 Å². The number of halogens is 4. The summed E-state index contributed by atoms with van der Waals surface area (Å²) in [4.78, 5) is 24.3. The highest BCUT2D eigenvalue weighted by molar-refractivity contribution is 6.05. The van der Waals surface area contributed by atoms with Crippen LogP contribution in [0.1, 0.15) is 33.0 Å². The van der Waals surface area contributed by atoms with Gasteiger partial charge in [0.25, 0.3) is 5.91 Å². The zero-order chi connectivity index (χ0) is 25.4. The number of carbonyl (C=O) groups is 1. The average molecular weight is 494 g/mol. The molecule has 1 amide bonds. The number of rotatable bonds is 5. The van der Waals surface area contributed by atoms with Crippen LogP contribution in [0.2, 0.25) is 0 Å².